The summed E-state index contributed by atoms with van der Waals surface area (Å²) in [6.07, 6.45) is 0. The molecular formula is C44H63ClN6O7. The van der Waals surface area contributed by atoms with E-state index in [0.717, 1.165) is 30.9 Å². The number of fused-ring (bicyclic) bond motifs is 1. The molecule has 2 unspecified atom stereocenters. The van der Waals surface area contributed by atoms with Gasteiger partial charge >= 0.3 is 0 Å². The third kappa shape index (κ3) is 12.5. The Bertz CT molecular complexity index is 1900. The molecule has 1 aromatic heterocycles. The lowest BCUT2D eigenvalue weighted by atomic mass is 9.85. The quantitative estimate of drug-likeness (QED) is 0.0296. The average molecular weight is 823 g/mol. The van der Waals surface area contributed by atoms with Gasteiger partial charge in [-0.1, -0.05) is 32.4 Å². The number of hydrogen-bond donors (Lipinski definition) is 7. The second-order valence-corrected chi connectivity index (χ2v) is 16.9. The molecular weight excluding hydrogens is 760 g/mol. The predicted octanol–water partition coefficient (Wildman–Crippen LogP) is 6.68. The van der Waals surface area contributed by atoms with E-state index in [1.165, 1.54) is 0 Å². The van der Waals surface area contributed by atoms with E-state index in [2.05, 4.69) is 45.7 Å². The highest BCUT2D eigenvalue weighted by Gasteiger charge is 2.34. The molecule has 0 spiro atoms. The number of nitrogens with one attached hydrogen (secondary N) is 5. The topological polar surface area (TPSA) is 170 Å². The van der Waals surface area contributed by atoms with E-state index in [4.69, 9.17) is 25.5 Å². The summed E-state index contributed by atoms with van der Waals surface area (Å²) in [5.41, 5.74) is 5.30. The molecule has 0 aliphatic heterocycles. The number of ether oxygens (including phenoxy) is 2. The zero-order valence-corrected chi connectivity index (χ0v) is 36.2. The van der Waals surface area contributed by atoms with Crippen molar-refractivity contribution in [1.82, 2.24) is 31.8 Å². The van der Waals surface area contributed by atoms with Crippen molar-refractivity contribution in [2.75, 3.05) is 52.5 Å². The van der Waals surface area contributed by atoms with Crippen LogP contribution in [0, 0.1) is 5.41 Å². The van der Waals surface area contributed by atoms with E-state index >= 15 is 0 Å². The van der Waals surface area contributed by atoms with Gasteiger partial charge in [0.15, 0.2) is 12.4 Å². The Morgan fingerprint density at radius 3 is 1.90 bits per heavy atom. The summed E-state index contributed by atoms with van der Waals surface area (Å²) in [5, 5.41) is 30.2. The van der Waals surface area contributed by atoms with Crippen molar-refractivity contribution in [3.8, 4) is 22.8 Å². The molecule has 2 atom stereocenters. The first-order chi connectivity index (χ1) is 27.5. The van der Waals surface area contributed by atoms with Crippen LogP contribution in [0.3, 0.4) is 0 Å². The highest BCUT2D eigenvalue weighted by Crippen LogP contribution is 2.37. The fraction of sp³-hybridized carbons (Fsp3) is 0.500. The predicted molar refractivity (Wildman–Crippen MR) is 229 cm³/mol. The number of hydroxylamine groups is 2. The summed E-state index contributed by atoms with van der Waals surface area (Å²) in [6.45, 7) is 22.4. The van der Waals surface area contributed by atoms with Crippen LogP contribution in [0.4, 0.5) is 0 Å². The summed E-state index contributed by atoms with van der Waals surface area (Å²) in [7, 11) is 0. The number of ketones is 1. The average Bonchev–Trinajstić information content (AvgIpc) is 3.60. The van der Waals surface area contributed by atoms with E-state index in [-0.39, 0.29) is 30.4 Å². The Hall–Kier alpha value is -4.05. The number of benzene rings is 3. The largest absolute Gasteiger partial charge is 0.492 e. The molecule has 1 heterocycles. The minimum absolute atomic E-state index is 0.234. The number of rotatable bonds is 24. The lowest BCUT2D eigenvalue weighted by Crippen LogP contribution is -2.61. The maximum atomic E-state index is 14.2. The van der Waals surface area contributed by atoms with Crippen LogP contribution < -0.4 is 36.4 Å². The van der Waals surface area contributed by atoms with Gasteiger partial charge in [-0.2, -0.15) is 0 Å². The molecule has 3 aromatic carbocycles. The summed E-state index contributed by atoms with van der Waals surface area (Å²) in [5.74, 6) is 1.02. The van der Waals surface area contributed by atoms with Gasteiger partial charge in [0.2, 0.25) is 0 Å². The van der Waals surface area contributed by atoms with E-state index in [9.17, 15) is 20.0 Å². The molecule has 0 radical (unpaired) electrons. The number of hydrogen-bond acceptors (Lipinski definition) is 12. The highest BCUT2D eigenvalue weighted by molar-refractivity contribution is 6.32. The van der Waals surface area contributed by atoms with Crippen molar-refractivity contribution in [2.45, 2.75) is 85.5 Å². The van der Waals surface area contributed by atoms with Crippen LogP contribution in [-0.4, -0.2) is 103 Å². The Kier molecular flexibility index (Phi) is 16.7. The van der Waals surface area contributed by atoms with E-state index in [0.29, 0.717) is 64.9 Å². The van der Waals surface area contributed by atoms with Crippen molar-refractivity contribution in [1.29, 1.82) is 0 Å². The maximum absolute atomic E-state index is 14.2. The molecule has 4 rings (SSSR count). The molecule has 1 amide bonds. The second-order valence-electron chi connectivity index (χ2n) is 16.4. The van der Waals surface area contributed by atoms with Gasteiger partial charge in [0.1, 0.15) is 29.4 Å². The molecule has 0 saturated heterocycles. The summed E-state index contributed by atoms with van der Waals surface area (Å²) < 4.78 is 18.1. The van der Waals surface area contributed by atoms with Crippen LogP contribution in [0.25, 0.3) is 22.3 Å². The summed E-state index contributed by atoms with van der Waals surface area (Å²) in [6, 6.07) is 18.9. The SMILES string of the molecule is CCN(CC)CCOc1ccc(-c2oc3ccc(Cl)cc3c2C(=O)c2ccc(OCC(=O)NCC(C)(CNC(C)(C)C(C)NO)CNC(C)(C)C(C)NO)cc2)cc1. The highest BCUT2D eigenvalue weighted by atomic mass is 35.5. The van der Waals surface area contributed by atoms with Gasteiger partial charge < -0.3 is 45.2 Å². The van der Waals surface area contributed by atoms with Crippen LogP contribution in [-0.2, 0) is 4.79 Å². The number of halogens is 1. The number of nitrogens with zero attached hydrogens (tertiary/aromatic N) is 1. The van der Waals surface area contributed by atoms with Crippen LogP contribution in [0.1, 0.15) is 78.2 Å². The van der Waals surface area contributed by atoms with Gasteiger partial charge in [-0.3, -0.25) is 9.59 Å². The normalized spacial score (nSPS) is 14.3. The molecule has 0 aliphatic rings. The van der Waals surface area contributed by atoms with Gasteiger partial charge in [-0.25, -0.2) is 11.0 Å². The first kappa shape index (κ1) is 46.6. The zero-order chi connectivity index (χ0) is 42.7. The molecule has 318 valence electrons. The number of furan rings is 1. The molecule has 0 bridgehead atoms. The smallest absolute Gasteiger partial charge is 0.257 e. The Balaban J connectivity index is 1.43. The minimum Gasteiger partial charge on any atom is -0.492 e. The van der Waals surface area contributed by atoms with Crippen LogP contribution >= 0.6 is 11.6 Å². The second kappa shape index (κ2) is 20.8. The fourth-order valence-corrected chi connectivity index (χ4v) is 6.26. The molecule has 4 aromatic rings. The zero-order valence-electron chi connectivity index (χ0n) is 35.4. The van der Waals surface area contributed by atoms with E-state index in [1.807, 2.05) is 72.7 Å². The molecule has 58 heavy (non-hydrogen) atoms. The number of amides is 1. The third-order valence-corrected chi connectivity index (χ3v) is 11.5. The lowest BCUT2D eigenvalue weighted by Gasteiger charge is -2.41. The monoisotopic (exact) mass is 822 g/mol. The van der Waals surface area contributed by atoms with Crippen molar-refractivity contribution in [3.05, 3.63) is 82.9 Å². The van der Waals surface area contributed by atoms with Gasteiger partial charge in [0.05, 0.1) is 5.56 Å². The van der Waals surface area contributed by atoms with Crippen molar-refractivity contribution < 1.29 is 33.9 Å². The molecule has 13 nitrogen and oxygen atoms in total. The molecule has 0 fully saturated rings. The maximum Gasteiger partial charge on any atom is 0.257 e. The van der Waals surface area contributed by atoms with E-state index < -0.39 is 16.5 Å². The standard InChI is InChI=1S/C44H63ClN6O7/c1-10-51(11-2)22-23-56-34-19-14-32(15-20-34)41-39(36-24-33(45)16-21-37(36)58-41)40(53)31-12-17-35(18-13-31)57-25-38(52)46-26-44(9,27-47-42(5,6)29(3)49-54)28-48-43(7,8)30(4)50-55/h12-21,24,29-30,47-50,54-55H,10-11,22-23,25-28H2,1-9H3,(H,46,52). The van der Waals surface area contributed by atoms with Crippen molar-refractivity contribution in [3.63, 3.8) is 0 Å². The van der Waals surface area contributed by atoms with Crippen LogP contribution in [0.5, 0.6) is 11.5 Å². The Morgan fingerprint density at radius 2 is 1.34 bits per heavy atom. The van der Waals surface area contributed by atoms with Crippen molar-refractivity contribution in [2.24, 2.45) is 5.41 Å². The van der Waals surface area contributed by atoms with Gasteiger partial charge in [0, 0.05) is 76.3 Å². The lowest BCUT2D eigenvalue weighted by molar-refractivity contribution is -0.123. The minimum atomic E-state index is -0.474. The van der Waals surface area contributed by atoms with Crippen LogP contribution in [0.15, 0.2) is 71.1 Å². The fourth-order valence-electron chi connectivity index (χ4n) is 6.09. The first-order valence-corrected chi connectivity index (χ1v) is 20.3. The van der Waals surface area contributed by atoms with Crippen LogP contribution in [0.2, 0.25) is 5.02 Å². The molecule has 14 heteroatoms. The number of carbonyl (C=O) groups excluding carboxylic acids is 2. The molecule has 0 saturated carbocycles. The number of likely N-dealkylation sites (N-methyl/N-ethyl adjacent to an activating group) is 1. The summed E-state index contributed by atoms with van der Waals surface area (Å²) in [4.78, 5) is 29.6. The van der Waals surface area contributed by atoms with E-state index in [1.54, 1.807) is 42.5 Å². The molecule has 0 aliphatic carbocycles. The van der Waals surface area contributed by atoms with Gasteiger partial charge in [-0.15, -0.1) is 0 Å². The third-order valence-electron chi connectivity index (χ3n) is 11.3. The van der Waals surface area contributed by atoms with Crippen molar-refractivity contribution >= 4 is 34.3 Å². The first-order valence-electron chi connectivity index (χ1n) is 20.0. The van der Waals surface area contributed by atoms with Gasteiger partial charge in [-0.05, 0) is 121 Å². The Morgan fingerprint density at radius 1 is 0.793 bits per heavy atom. The van der Waals surface area contributed by atoms with Gasteiger partial charge in [0.25, 0.3) is 5.91 Å². The summed E-state index contributed by atoms with van der Waals surface area (Å²) >= 11 is 6.39. The Labute approximate surface area is 348 Å². The molecule has 7 N–H and O–H groups in total. The number of carbonyl (C=O) groups is 2.